The third-order valence-corrected chi connectivity index (χ3v) is 7.73. The lowest BCUT2D eigenvalue weighted by Crippen LogP contribution is -2.44. The second kappa shape index (κ2) is 10.7. The van der Waals surface area contributed by atoms with Crippen molar-refractivity contribution >= 4 is 46.0 Å². The lowest BCUT2D eigenvalue weighted by atomic mass is 10.1. The molecule has 2 atom stereocenters. The second-order valence-corrected chi connectivity index (χ2v) is 10.5. The summed E-state index contributed by atoms with van der Waals surface area (Å²) >= 11 is 0.834. The van der Waals surface area contributed by atoms with Crippen molar-refractivity contribution < 1.29 is 36.3 Å². The molecule has 2 aliphatic rings. The van der Waals surface area contributed by atoms with E-state index in [0.29, 0.717) is 19.4 Å². The van der Waals surface area contributed by atoms with Crippen LogP contribution >= 0.6 is 11.8 Å². The molecule has 1 saturated heterocycles. The molecule has 42 heavy (non-hydrogen) atoms. The molecule has 0 aliphatic carbocycles. The maximum absolute atomic E-state index is 15.4. The summed E-state index contributed by atoms with van der Waals surface area (Å²) in [4.78, 5) is 38.0. The number of nitrogens with zero attached hydrogens (tertiary/aromatic N) is 6. The van der Waals surface area contributed by atoms with E-state index in [1.165, 1.54) is 23.3 Å². The summed E-state index contributed by atoms with van der Waals surface area (Å²) in [5.41, 5.74) is 6.37. The fraction of sp³-hybridized carbons (Fsp3) is 0.231. The molecule has 0 spiro atoms. The van der Waals surface area contributed by atoms with Gasteiger partial charge in [-0.05, 0) is 36.7 Å². The third-order valence-electron chi connectivity index (χ3n) is 6.85. The summed E-state index contributed by atoms with van der Waals surface area (Å²) in [6.07, 6.45) is 3.75. The Balaban J connectivity index is 1.34. The van der Waals surface area contributed by atoms with Crippen LogP contribution in [0.15, 0.2) is 35.6 Å². The van der Waals surface area contributed by atoms with Crippen molar-refractivity contribution in [3.05, 3.63) is 59.7 Å². The van der Waals surface area contributed by atoms with Crippen molar-refractivity contribution in [2.45, 2.75) is 24.1 Å². The number of fused-ring (bicyclic) bond motifs is 1. The lowest BCUT2D eigenvalue weighted by Gasteiger charge is -2.33. The molecular formula is C26H18F5N7O3S. The fourth-order valence-corrected chi connectivity index (χ4v) is 5.61. The minimum absolute atomic E-state index is 0.00109. The largest absolute Gasteiger partial charge is 0.451 e. The number of benzene rings is 2. The number of amides is 2. The zero-order valence-corrected chi connectivity index (χ0v) is 22.0. The van der Waals surface area contributed by atoms with Crippen LogP contribution in [0.3, 0.4) is 0 Å². The van der Waals surface area contributed by atoms with Gasteiger partial charge in [0.25, 0.3) is 0 Å². The predicted octanol–water partition coefficient (Wildman–Crippen LogP) is 5.03. The number of anilines is 1. The predicted molar refractivity (Wildman–Crippen MR) is 142 cm³/mol. The number of likely N-dealkylation sites (tertiary alicyclic amines) is 1. The molecule has 0 bridgehead atoms. The first-order valence-corrected chi connectivity index (χ1v) is 13.3. The van der Waals surface area contributed by atoms with Crippen molar-refractivity contribution in [2.24, 2.45) is 4.99 Å². The molecule has 2 aromatic carbocycles. The van der Waals surface area contributed by atoms with E-state index < -0.39 is 51.1 Å². The molecule has 2 N–H and O–H groups in total. The summed E-state index contributed by atoms with van der Waals surface area (Å²) in [5.74, 6) is -9.95. The normalized spacial score (nSPS) is 18.7. The van der Waals surface area contributed by atoms with Gasteiger partial charge in [-0.25, -0.2) is 32.8 Å². The van der Waals surface area contributed by atoms with Gasteiger partial charge in [-0.2, -0.15) is 13.9 Å². The first kappa shape index (κ1) is 27.6. The van der Waals surface area contributed by atoms with E-state index in [9.17, 15) is 27.2 Å². The summed E-state index contributed by atoms with van der Waals surface area (Å²) in [6, 6.07) is 2.74. The Labute approximate surface area is 237 Å². The zero-order valence-electron chi connectivity index (χ0n) is 21.2. The van der Waals surface area contributed by atoms with E-state index in [1.807, 2.05) is 0 Å². The average Bonchev–Trinajstić information content (AvgIpc) is 3.59. The summed E-state index contributed by atoms with van der Waals surface area (Å²) < 4.78 is 77.2. The molecule has 1 fully saturated rings. The highest BCUT2D eigenvalue weighted by atomic mass is 32.2. The molecule has 4 heterocycles. The SMILES string of the molecule is Nc1ncnc2c1c(-c1ccc(Oc3c(F)c(F)cc(F)c3F)cc1F)nn2C1CCCN(C(=O)C2C=NC(=O)S2)C1. The third kappa shape index (κ3) is 4.80. The number of halogens is 5. The van der Waals surface area contributed by atoms with Gasteiger partial charge in [0.2, 0.25) is 23.3 Å². The summed E-state index contributed by atoms with van der Waals surface area (Å²) in [5, 5.41) is 3.66. The molecular weight excluding hydrogens is 585 g/mol. The molecule has 4 aromatic rings. The summed E-state index contributed by atoms with van der Waals surface area (Å²) in [6.45, 7) is 0.693. The van der Waals surface area contributed by atoms with Crippen LogP contribution in [0.4, 0.5) is 32.6 Å². The Kier molecular flexibility index (Phi) is 7.00. The fourth-order valence-electron chi connectivity index (χ4n) is 4.90. The Morgan fingerprint density at radius 2 is 1.81 bits per heavy atom. The Morgan fingerprint density at radius 3 is 2.50 bits per heavy atom. The number of ether oxygens (including phenoxy) is 1. The number of hydrogen-bond donors (Lipinski definition) is 1. The average molecular weight is 604 g/mol. The molecule has 2 amide bonds. The van der Waals surface area contributed by atoms with Crippen LogP contribution in [0.2, 0.25) is 0 Å². The molecule has 2 unspecified atom stereocenters. The standard InChI is InChI=1S/C26H18F5N7O3S/c27-14-6-12(41-22-19(30)15(28)7-16(29)20(22)31)3-4-13(14)21-18-23(32)34-10-35-24(18)38(36-21)11-2-1-5-37(9-11)25(39)17-8-33-26(40)42-17/h3-4,6-8,10-11,17H,1-2,5,9H2,(H2,32,34,35). The van der Waals surface area contributed by atoms with E-state index in [1.54, 1.807) is 4.90 Å². The molecule has 2 aliphatic heterocycles. The Morgan fingerprint density at radius 1 is 1.05 bits per heavy atom. The van der Waals surface area contributed by atoms with Gasteiger partial charge >= 0.3 is 5.24 Å². The molecule has 2 aromatic heterocycles. The number of carbonyl (C=O) groups excluding carboxylic acids is 2. The van der Waals surface area contributed by atoms with Gasteiger partial charge in [0.05, 0.1) is 11.4 Å². The highest BCUT2D eigenvalue weighted by Crippen LogP contribution is 2.38. The molecule has 6 rings (SSSR count). The van der Waals surface area contributed by atoms with Crippen molar-refractivity contribution in [3.8, 4) is 22.8 Å². The Hall–Kier alpha value is -4.60. The highest BCUT2D eigenvalue weighted by Gasteiger charge is 2.34. The lowest BCUT2D eigenvalue weighted by molar-refractivity contribution is -0.131. The van der Waals surface area contributed by atoms with E-state index >= 15 is 4.39 Å². The van der Waals surface area contributed by atoms with Crippen LogP contribution in [0, 0.1) is 29.1 Å². The smallest absolute Gasteiger partial charge is 0.305 e. The maximum atomic E-state index is 15.4. The van der Waals surface area contributed by atoms with Crippen LogP contribution in [0.1, 0.15) is 18.9 Å². The van der Waals surface area contributed by atoms with Crippen LogP contribution < -0.4 is 10.5 Å². The number of carbonyl (C=O) groups is 2. The van der Waals surface area contributed by atoms with E-state index in [4.69, 9.17) is 10.5 Å². The number of nitrogen functional groups attached to an aromatic ring is 1. The van der Waals surface area contributed by atoms with Gasteiger partial charge in [-0.3, -0.25) is 9.59 Å². The van der Waals surface area contributed by atoms with Gasteiger partial charge in [0, 0.05) is 37.0 Å². The number of piperidine rings is 1. The molecule has 0 saturated carbocycles. The maximum Gasteiger partial charge on any atom is 0.305 e. The van der Waals surface area contributed by atoms with E-state index in [-0.39, 0.29) is 52.7 Å². The van der Waals surface area contributed by atoms with E-state index in [2.05, 4.69) is 20.1 Å². The van der Waals surface area contributed by atoms with Gasteiger partial charge in [0.15, 0.2) is 17.3 Å². The monoisotopic (exact) mass is 603 g/mol. The number of aliphatic imine (C=N–C) groups is 1. The summed E-state index contributed by atoms with van der Waals surface area (Å²) in [7, 11) is 0. The van der Waals surface area contributed by atoms with Gasteiger partial charge in [-0.1, -0.05) is 0 Å². The van der Waals surface area contributed by atoms with Gasteiger partial charge < -0.3 is 15.4 Å². The molecule has 0 radical (unpaired) electrons. The highest BCUT2D eigenvalue weighted by molar-refractivity contribution is 8.15. The van der Waals surface area contributed by atoms with Crippen LogP contribution in [-0.2, 0) is 4.79 Å². The van der Waals surface area contributed by atoms with Crippen molar-refractivity contribution in [2.75, 3.05) is 18.8 Å². The zero-order chi connectivity index (χ0) is 29.7. The first-order chi connectivity index (χ1) is 20.1. The van der Waals surface area contributed by atoms with Crippen LogP contribution in [0.5, 0.6) is 11.5 Å². The molecule has 10 nitrogen and oxygen atoms in total. The second-order valence-electron chi connectivity index (χ2n) is 9.45. The first-order valence-electron chi connectivity index (χ1n) is 12.5. The van der Waals surface area contributed by atoms with Crippen molar-refractivity contribution in [1.29, 1.82) is 0 Å². The topological polar surface area (TPSA) is 129 Å². The number of aromatic nitrogens is 4. The number of hydrogen-bond acceptors (Lipinski definition) is 8. The molecule has 216 valence electrons. The molecule has 16 heteroatoms. The van der Waals surface area contributed by atoms with Crippen molar-refractivity contribution in [1.82, 2.24) is 24.6 Å². The number of rotatable bonds is 5. The Bertz CT molecular complexity index is 1770. The minimum atomic E-state index is -1.78. The van der Waals surface area contributed by atoms with E-state index in [0.717, 1.165) is 23.9 Å². The quantitative estimate of drug-likeness (QED) is 0.249. The van der Waals surface area contributed by atoms with Gasteiger partial charge in [-0.15, -0.1) is 0 Å². The minimum Gasteiger partial charge on any atom is -0.451 e. The van der Waals surface area contributed by atoms with Crippen molar-refractivity contribution in [3.63, 3.8) is 0 Å². The van der Waals surface area contributed by atoms with Crippen LogP contribution in [0.25, 0.3) is 22.3 Å². The van der Waals surface area contributed by atoms with Crippen LogP contribution in [-0.4, -0.2) is 60.3 Å². The number of thioether (sulfide) groups is 1. The van der Waals surface area contributed by atoms with Gasteiger partial charge in [0.1, 0.15) is 34.7 Å². The number of nitrogens with two attached hydrogens (primary N) is 1.